The van der Waals surface area contributed by atoms with Gasteiger partial charge in [0.1, 0.15) is 5.75 Å². The molecule has 0 aliphatic heterocycles. The fourth-order valence-corrected chi connectivity index (χ4v) is 1.47. The highest BCUT2D eigenvalue weighted by Crippen LogP contribution is 2.30. The van der Waals surface area contributed by atoms with Crippen LogP contribution in [0, 0.1) is 0 Å². The summed E-state index contributed by atoms with van der Waals surface area (Å²) in [5.74, 6) is 0.219. The van der Waals surface area contributed by atoms with E-state index in [4.69, 9.17) is 0 Å². The van der Waals surface area contributed by atoms with Crippen LogP contribution in [-0.4, -0.2) is 20.5 Å². The number of rotatable bonds is 3. The molecule has 2 N–H and O–H groups in total. The lowest BCUT2D eigenvalue weighted by molar-refractivity contribution is 0.477. The molecule has 0 atom stereocenters. The predicted octanol–water partition coefficient (Wildman–Crippen LogP) is 1.88. The molecule has 0 radical (unpaired) electrons. The van der Waals surface area contributed by atoms with Crippen molar-refractivity contribution in [1.29, 1.82) is 0 Å². The number of phenolic OH excluding ortho intramolecular Hbond substituents is 1. The molecule has 5 nitrogen and oxygen atoms in total. The second-order valence-electron chi connectivity index (χ2n) is 3.32. The van der Waals surface area contributed by atoms with Crippen molar-refractivity contribution in [2.45, 2.75) is 13.3 Å². The number of aromatic hydroxyl groups is 1. The van der Waals surface area contributed by atoms with Gasteiger partial charge in [-0.15, -0.1) is 10.2 Å². The molecule has 0 amide bonds. The van der Waals surface area contributed by atoms with Crippen molar-refractivity contribution in [2.75, 3.05) is 5.32 Å². The van der Waals surface area contributed by atoms with Gasteiger partial charge < -0.3 is 10.4 Å². The number of aromatic nitrogens is 3. The van der Waals surface area contributed by atoms with Crippen molar-refractivity contribution < 1.29 is 5.11 Å². The minimum atomic E-state index is 0.219. The SMILES string of the molecule is CCc1cccc(O)c1Nc1cnnnc1. The minimum Gasteiger partial charge on any atom is -0.506 e. The van der Waals surface area contributed by atoms with E-state index in [2.05, 4.69) is 20.7 Å². The minimum absolute atomic E-state index is 0.219. The molecular formula is C11H12N4O. The number of aryl methyl sites for hydroxylation is 1. The maximum Gasteiger partial charge on any atom is 0.139 e. The molecule has 2 aromatic rings. The van der Waals surface area contributed by atoms with Crippen LogP contribution < -0.4 is 5.32 Å². The van der Waals surface area contributed by atoms with Gasteiger partial charge in [-0.25, -0.2) is 0 Å². The van der Waals surface area contributed by atoms with E-state index in [1.165, 1.54) is 0 Å². The van der Waals surface area contributed by atoms with Gasteiger partial charge >= 0.3 is 0 Å². The van der Waals surface area contributed by atoms with Gasteiger partial charge in [0.05, 0.1) is 23.8 Å². The van der Waals surface area contributed by atoms with Crippen LogP contribution >= 0.6 is 0 Å². The molecule has 1 heterocycles. The van der Waals surface area contributed by atoms with Crippen molar-refractivity contribution in [3.8, 4) is 5.75 Å². The second-order valence-corrected chi connectivity index (χ2v) is 3.32. The van der Waals surface area contributed by atoms with E-state index in [1.807, 2.05) is 19.1 Å². The quantitative estimate of drug-likeness (QED) is 0.766. The second kappa shape index (κ2) is 4.57. The molecule has 0 aliphatic carbocycles. The van der Waals surface area contributed by atoms with Crippen molar-refractivity contribution in [1.82, 2.24) is 15.4 Å². The Morgan fingerprint density at radius 2 is 2.00 bits per heavy atom. The smallest absolute Gasteiger partial charge is 0.139 e. The molecule has 0 saturated carbocycles. The van der Waals surface area contributed by atoms with E-state index in [1.54, 1.807) is 18.5 Å². The third-order valence-electron chi connectivity index (χ3n) is 2.28. The monoisotopic (exact) mass is 216 g/mol. The Kier molecular flexibility index (Phi) is 2.95. The molecule has 0 bridgehead atoms. The molecule has 1 aromatic carbocycles. The summed E-state index contributed by atoms with van der Waals surface area (Å²) >= 11 is 0. The van der Waals surface area contributed by atoms with Crippen molar-refractivity contribution in [2.24, 2.45) is 0 Å². The number of nitrogens with one attached hydrogen (secondary N) is 1. The first-order chi connectivity index (χ1) is 7.81. The van der Waals surface area contributed by atoms with Gasteiger partial charge in [-0.1, -0.05) is 19.1 Å². The van der Waals surface area contributed by atoms with Crippen molar-refractivity contribution in [3.63, 3.8) is 0 Å². The lowest BCUT2D eigenvalue weighted by Crippen LogP contribution is -1.97. The summed E-state index contributed by atoms with van der Waals surface area (Å²) in [6, 6.07) is 5.43. The number of hydrogen-bond acceptors (Lipinski definition) is 5. The maximum absolute atomic E-state index is 9.76. The zero-order valence-electron chi connectivity index (χ0n) is 8.88. The Morgan fingerprint density at radius 1 is 1.25 bits per heavy atom. The zero-order valence-corrected chi connectivity index (χ0v) is 8.88. The third-order valence-corrected chi connectivity index (χ3v) is 2.28. The average Bonchev–Trinajstić information content (AvgIpc) is 2.33. The van der Waals surface area contributed by atoms with E-state index in [-0.39, 0.29) is 5.75 Å². The lowest BCUT2D eigenvalue weighted by Gasteiger charge is -2.11. The van der Waals surface area contributed by atoms with Gasteiger partial charge in [0.25, 0.3) is 0 Å². The van der Waals surface area contributed by atoms with Crippen LogP contribution in [0.4, 0.5) is 11.4 Å². The first kappa shape index (κ1) is 10.4. The maximum atomic E-state index is 9.76. The van der Waals surface area contributed by atoms with Gasteiger partial charge in [0.15, 0.2) is 0 Å². The Bertz CT molecular complexity index is 473. The van der Waals surface area contributed by atoms with E-state index in [9.17, 15) is 5.11 Å². The number of para-hydroxylation sites is 1. The fraction of sp³-hybridized carbons (Fsp3) is 0.182. The molecule has 16 heavy (non-hydrogen) atoms. The number of anilines is 2. The van der Waals surface area contributed by atoms with Crippen LogP contribution in [0.1, 0.15) is 12.5 Å². The number of hydrogen-bond donors (Lipinski definition) is 2. The molecule has 82 valence electrons. The number of phenols is 1. The van der Waals surface area contributed by atoms with Gasteiger partial charge in [-0.3, -0.25) is 0 Å². The molecule has 0 aliphatic rings. The molecule has 0 spiro atoms. The molecule has 1 aromatic heterocycles. The first-order valence-electron chi connectivity index (χ1n) is 5.02. The normalized spacial score (nSPS) is 10.1. The van der Waals surface area contributed by atoms with E-state index in [0.717, 1.165) is 12.0 Å². The van der Waals surface area contributed by atoms with E-state index < -0.39 is 0 Å². The highest BCUT2D eigenvalue weighted by Gasteiger charge is 2.06. The molecule has 0 unspecified atom stereocenters. The highest BCUT2D eigenvalue weighted by molar-refractivity contribution is 5.68. The van der Waals surface area contributed by atoms with Gasteiger partial charge in [0, 0.05) is 0 Å². The Balaban J connectivity index is 2.34. The van der Waals surface area contributed by atoms with E-state index in [0.29, 0.717) is 11.4 Å². The van der Waals surface area contributed by atoms with Gasteiger partial charge in [-0.2, -0.15) is 0 Å². The predicted molar refractivity (Wildman–Crippen MR) is 60.6 cm³/mol. The number of benzene rings is 1. The largest absolute Gasteiger partial charge is 0.506 e. The topological polar surface area (TPSA) is 70.9 Å². The molecular weight excluding hydrogens is 204 g/mol. The molecule has 0 fully saturated rings. The summed E-state index contributed by atoms with van der Waals surface area (Å²) in [4.78, 5) is 0. The summed E-state index contributed by atoms with van der Waals surface area (Å²) in [5.41, 5.74) is 2.43. The van der Waals surface area contributed by atoms with Crippen LogP contribution in [0.15, 0.2) is 30.6 Å². The summed E-state index contributed by atoms with van der Waals surface area (Å²) in [6.45, 7) is 2.03. The first-order valence-corrected chi connectivity index (χ1v) is 5.02. The lowest BCUT2D eigenvalue weighted by atomic mass is 10.1. The summed E-state index contributed by atoms with van der Waals surface area (Å²) in [7, 11) is 0. The highest BCUT2D eigenvalue weighted by atomic mass is 16.3. The Hall–Kier alpha value is -2.17. The van der Waals surface area contributed by atoms with Gasteiger partial charge in [0.2, 0.25) is 0 Å². The Labute approximate surface area is 93.2 Å². The van der Waals surface area contributed by atoms with Crippen molar-refractivity contribution >= 4 is 11.4 Å². The Morgan fingerprint density at radius 3 is 2.69 bits per heavy atom. The summed E-state index contributed by atoms with van der Waals surface area (Å²) < 4.78 is 0. The molecule has 0 saturated heterocycles. The third kappa shape index (κ3) is 2.08. The van der Waals surface area contributed by atoms with Crippen LogP contribution in [0.3, 0.4) is 0 Å². The number of nitrogens with zero attached hydrogens (tertiary/aromatic N) is 3. The standard InChI is InChI=1S/C11H12N4O/c1-2-8-4-3-5-10(16)11(8)14-9-6-12-15-13-7-9/h3-7,16H,2H2,1H3,(H,14,15). The van der Waals surface area contributed by atoms with Crippen LogP contribution in [0.25, 0.3) is 0 Å². The van der Waals surface area contributed by atoms with Crippen LogP contribution in [0.5, 0.6) is 5.75 Å². The van der Waals surface area contributed by atoms with Crippen molar-refractivity contribution in [3.05, 3.63) is 36.2 Å². The van der Waals surface area contributed by atoms with Gasteiger partial charge in [-0.05, 0) is 23.3 Å². The average molecular weight is 216 g/mol. The summed E-state index contributed by atoms with van der Waals surface area (Å²) in [6.07, 6.45) is 3.94. The molecule has 2 rings (SSSR count). The molecule has 5 heteroatoms. The van der Waals surface area contributed by atoms with E-state index >= 15 is 0 Å². The van der Waals surface area contributed by atoms with Crippen LogP contribution in [-0.2, 0) is 6.42 Å². The fourth-order valence-electron chi connectivity index (χ4n) is 1.47. The van der Waals surface area contributed by atoms with Crippen LogP contribution in [0.2, 0.25) is 0 Å². The zero-order chi connectivity index (χ0) is 11.4. The summed E-state index contributed by atoms with van der Waals surface area (Å²) in [5, 5.41) is 23.6.